The Bertz CT molecular complexity index is 469. The van der Waals surface area contributed by atoms with Crippen LogP contribution < -0.4 is 20.1 Å². The van der Waals surface area contributed by atoms with Crippen LogP contribution in [-0.4, -0.2) is 26.9 Å². The van der Waals surface area contributed by atoms with Gasteiger partial charge in [0.25, 0.3) is 0 Å². The number of hydrogen-bond donors (Lipinski definition) is 2. The summed E-state index contributed by atoms with van der Waals surface area (Å²) in [5, 5.41) is 6.91. The maximum absolute atomic E-state index is 5.44. The van der Waals surface area contributed by atoms with Crippen LogP contribution in [-0.2, 0) is 0 Å². The Morgan fingerprint density at radius 3 is 2.53 bits per heavy atom. The van der Waals surface area contributed by atoms with Crippen LogP contribution >= 0.6 is 0 Å². The van der Waals surface area contributed by atoms with E-state index < -0.39 is 0 Å². The number of nitrogens with one attached hydrogen (secondary N) is 2. The highest BCUT2D eigenvalue weighted by molar-refractivity contribution is 5.60. The van der Waals surface area contributed by atoms with E-state index in [1.165, 1.54) is 24.8 Å². The standard InChI is InChI=1S/C15H22N2O2/c1-11-6-13-14(19-10-18-13)7-12(11)17-9-15(8-16-2)4-3-5-15/h6-7,16-17H,3-5,8-10H2,1-2H3. The Kier molecular flexibility index (Phi) is 3.27. The highest BCUT2D eigenvalue weighted by Crippen LogP contribution is 2.41. The fraction of sp³-hybridized carbons (Fsp3) is 0.600. The summed E-state index contributed by atoms with van der Waals surface area (Å²) in [6.07, 6.45) is 3.97. The van der Waals surface area contributed by atoms with E-state index >= 15 is 0 Å². The van der Waals surface area contributed by atoms with Crippen LogP contribution in [0, 0.1) is 12.3 Å². The first-order chi connectivity index (χ1) is 9.22. The molecule has 4 heteroatoms. The van der Waals surface area contributed by atoms with Gasteiger partial charge < -0.3 is 20.1 Å². The van der Waals surface area contributed by atoms with Gasteiger partial charge >= 0.3 is 0 Å². The van der Waals surface area contributed by atoms with Crippen LogP contribution in [0.4, 0.5) is 5.69 Å². The first kappa shape index (κ1) is 12.6. The third-order valence-electron chi connectivity index (χ3n) is 4.34. The molecule has 1 aromatic carbocycles. The van der Waals surface area contributed by atoms with Gasteiger partial charge in [-0.2, -0.15) is 0 Å². The van der Waals surface area contributed by atoms with Gasteiger partial charge in [0.1, 0.15) is 0 Å². The summed E-state index contributed by atoms with van der Waals surface area (Å²) in [6.45, 7) is 4.55. The molecule has 0 atom stereocenters. The van der Waals surface area contributed by atoms with Gasteiger partial charge in [-0.25, -0.2) is 0 Å². The van der Waals surface area contributed by atoms with Gasteiger partial charge in [0, 0.05) is 30.3 Å². The lowest BCUT2D eigenvalue weighted by atomic mass is 9.68. The molecule has 0 unspecified atom stereocenters. The number of ether oxygens (including phenoxy) is 2. The second kappa shape index (κ2) is 4.93. The van der Waals surface area contributed by atoms with Crippen molar-refractivity contribution in [3.05, 3.63) is 17.7 Å². The Labute approximate surface area is 114 Å². The molecule has 0 amide bonds. The number of hydrogen-bond acceptors (Lipinski definition) is 4. The third kappa shape index (κ3) is 2.37. The zero-order valence-corrected chi connectivity index (χ0v) is 11.7. The monoisotopic (exact) mass is 262 g/mol. The minimum atomic E-state index is 0.335. The molecule has 0 saturated heterocycles. The Morgan fingerprint density at radius 1 is 1.16 bits per heavy atom. The van der Waals surface area contributed by atoms with Gasteiger partial charge in [-0.15, -0.1) is 0 Å². The van der Waals surface area contributed by atoms with Gasteiger partial charge in [-0.1, -0.05) is 6.42 Å². The van der Waals surface area contributed by atoms with Crippen molar-refractivity contribution in [2.75, 3.05) is 32.2 Å². The van der Waals surface area contributed by atoms with E-state index in [-0.39, 0.29) is 0 Å². The second-order valence-corrected chi connectivity index (χ2v) is 5.76. The molecule has 19 heavy (non-hydrogen) atoms. The maximum atomic E-state index is 5.44. The summed E-state index contributed by atoms with van der Waals surface area (Å²) in [4.78, 5) is 0. The molecule has 2 aliphatic rings. The SMILES string of the molecule is CNCC1(CNc2cc3c(cc2C)OCO3)CCC1. The predicted octanol–water partition coefficient (Wildman–Crippen LogP) is 2.53. The molecule has 1 aliphatic carbocycles. The van der Waals surface area contributed by atoms with E-state index in [4.69, 9.17) is 9.47 Å². The summed E-state index contributed by atoms with van der Waals surface area (Å²) in [5.41, 5.74) is 2.80. The summed E-state index contributed by atoms with van der Waals surface area (Å²) >= 11 is 0. The van der Waals surface area contributed by atoms with E-state index in [0.717, 1.165) is 30.3 Å². The average Bonchev–Trinajstić information content (AvgIpc) is 2.79. The molecule has 1 aliphatic heterocycles. The molecule has 1 fully saturated rings. The minimum Gasteiger partial charge on any atom is -0.454 e. The van der Waals surface area contributed by atoms with Gasteiger partial charge in [0.05, 0.1) is 0 Å². The Hall–Kier alpha value is -1.42. The van der Waals surface area contributed by atoms with Crippen LogP contribution in [0.25, 0.3) is 0 Å². The average molecular weight is 262 g/mol. The van der Waals surface area contributed by atoms with Crippen LogP contribution in [0.3, 0.4) is 0 Å². The van der Waals surface area contributed by atoms with Crippen LogP contribution in [0.2, 0.25) is 0 Å². The van der Waals surface area contributed by atoms with Crippen molar-refractivity contribution < 1.29 is 9.47 Å². The van der Waals surface area contributed by atoms with Crippen LogP contribution in [0.1, 0.15) is 24.8 Å². The van der Waals surface area contributed by atoms with Gasteiger partial charge in [-0.3, -0.25) is 0 Å². The molecular formula is C15H22N2O2. The largest absolute Gasteiger partial charge is 0.454 e. The van der Waals surface area contributed by atoms with E-state index in [9.17, 15) is 0 Å². The van der Waals surface area contributed by atoms with Crippen LogP contribution in [0.15, 0.2) is 12.1 Å². The predicted molar refractivity (Wildman–Crippen MR) is 76.0 cm³/mol. The quantitative estimate of drug-likeness (QED) is 0.855. The number of anilines is 1. The number of rotatable bonds is 5. The minimum absolute atomic E-state index is 0.335. The van der Waals surface area contributed by atoms with Crippen molar-refractivity contribution in [3.8, 4) is 11.5 Å². The molecule has 0 spiro atoms. The molecular weight excluding hydrogens is 240 g/mol. The molecule has 3 rings (SSSR count). The molecule has 0 bridgehead atoms. The molecule has 1 aromatic rings. The fourth-order valence-electron chi connectivity index (χ4n) is 2.98. The first-order valence-electron chi connectivity index (χ1n) is 7.01. The van der Waals surface area contributed by atoms with Gasteiger partial charge in [0.15, 0.2) is 11.5 Å². The molecule has 0 radical (unpaired) electrons. The van der Waals surface area contributed by atoms with E-state index in [0.29, 0.717) is 12.2 Å². The lowest BCUT2D eigenvalue weighted by Crippen LogP contribution is -2.44. The summed E-state index contributed by atoms with van der Waals surface area (Å²) < 4.78 is 10.8. The van der Waals surface area contributed by atoms with Gasteiger partial charge in [0.2, 0.25) is 6.79 Å². The maximum Gasteiger partial charge on any atom is 0.231 e. The summed E-state index contributed by atoms with van der Waals surface area (Å²) in [5.74, 6) is 1.71. The molecule has 104 valence electrons. The van der Waals surface area contributed by atoms with Crippen molar-refractivity contribution in [3.63, 3.8) is 0 Å². The summed E-state index contributed by atoms with van der Waals surface area (Å²) in [6, 6.07) is 4.11. The van der Waals surface area contributed by atoms with E-state index in [1.54, 1.807) is 0 Å². The highest BCUT2D eigenvalue weighted by atomic mass is 16.7. The van der Waals surface area contributed by atoms with Gasteiger partial charge in [-0.05, 0) is 38.4 Å². The number of fused-ring (bicyclic) bond motifs is 1. The van der Waals surface area contributed by atoms with Crippen molar-refractivity contribution in [1.29, 1.82) is 0 Å². The lowest BCUT2D eigenvalue weighted by molar-refractivity contribution is 0.151. The topological polar surface area (TPSA) is 42.5 Å². The smallest absolute Gasteiger partial charge is 0.231 e. The number of benzene rings is 1. The molecule has 4 nitrogen and oxygen atoms in total. The zero-order chi connectivity index (χ0) is 13.3. The normalized spacial score (nSPS) is 19.1. The van der Waals surface area contributed by atoms with Crippen molar-refractivity contribution in [2.24, 2.45) is 5.41 Å². The van der Waals surface area contributed by atoms with Crippen molar-refractivity contribution in [1.82, 2.24) is 5.32 Å². The molecule has 0 aromatic heterocycles. The number of aryl methyl sites for hydroxylation is 1. The zero-order valence-electron chi connectivity index (χ0n) is 11.7. The van der Waals surface area contributed by atoms with Crippen molar-refractivity contribution >= 4 is 5.69 Å². The second-order valence-electron chi connectivity index (χ2n) is 5.76. The summed E-state index contributed by atoms with van der Waals surface area (Å²) in [7, 11) is 2.03. The fourth-order valence-corrected chi connectivity index (χ4v) is 2.98. The third-order valence-corrected chi connectivity index (χ3v) is 4.34. The van der Waals surface area contributed by atoms with Crippen LogP contribution in [0.5, 0.6) is 11.5 Å². The van der Waals surface area contributed by atoms with E-state index in [1.807, 2.05) is 7.05 Å². The lowest BCUT2D eigenvalue weighted by Gasteiger charge is -2.42. The highest BCUT2D eigenvalue weighted by Gasteiger charge is 2.36. The van der Waals surface area contributed by atoms with E-state index in [2.05, 4.69) is 29.7 Å². The Morgan fingerprint density at radius 2 is 1.89 bits per heavy atom. The molecule has 1 saturated carbocycles. The van der Waals surface area contributed by atoms with Crippen molar-refractivity contribution in [2.45, 2.75) is 26.2 Å². The molecule has 1 heterocycles. The Balaban J connectivity index is 1.70. The first-order valence-corrected chi connectivity index (χ1v) is 7.01. The molecule has 2 N–H and O–H groups in total.